The Morgan fingerprint density at radius 1 is 1.08 bits per heavy atom. The summed E-state index contributed by atoms with van der Waals surface area (Å²) < 4.78 is 10.7. The number of hydrogen-bond acceptors (Lipinski definition) is 4. The van der Waals surface area contributed by atoms with Gasteiger partial charge in [0.1, 0.15) is 0 Å². The number of rotatable bonds is 2. The van der Waals surface area contributed by atoms with E-state index >= 15 is 0 Å². The Morgan fingerprint density at radius 2 is 1.92 bits per heavy atom. The number of pyridine rings is 1. The van der Waals surface area contributed by atoms with Crippen LogP contribution in [0.3, 0.4) is 0 Å². The number of benzene rings is 1. The lowest BCUT2D eigenvalue weighted by molar-refractivity contribution is 0.174. The molecule has 1 saturated heterocycles. The van der Waals surface area contributed by atoms with E-state index in [0.717, 1.165) is 37.8 Å². The van der Waals surface area contributed by atoms with Crippen molar-refractivity contribution in [2.24, 2.45) is 0 Å². The standard InChI is InChI=1S/C19H21N3O3/c23-19(21-15-5-6-17-18(12-15)25-13-24-17)22-11-3-1-2-4-16(22)14-7-9-20-10-8-14/h5-10,12,16H,1-4,11,13H2,(H,21,23)/t16-/m1/s1. The van der Waals surface area contributed by atoms with Crippen LogP contribution in [0.5, 0.6) is 11.5 Å². The van der Waals surface area contributed by atoms with Gasteiger partial charge in [0.25, 0.3) is 0 Å². The van der Waals surface area contributed by atoms with Crippen LogP contribution >= 0.6 is 0 Å². The molecule has 4 rings (SSSR count). The van der Waals surface area contributed by atoms with Crippen LogP contribution in [0.2, 0.25) is 0 Å². The molecule has 0 spiro atoms. The summed E-state index contributed by atoms with van der Waals surface area (Å²) in [5.74, 6) is 1.38. The van der Waals surface area contributed by atoms with E-state index in [2.05, 4.69) is 10.3 Å². The molecule has 25 heavy (non-hydrogen) atoms. The second-order valence-corrected chi connectivity index (χ2v) is 6.34. The van der Waals surface area contributed by atoms with E-state index in [0.29, 0.717) is 17.2 Å². The third-order valence-corrected chi connectivity index (χ3v) is 4.73. The van der Waals surface area contributed by atoms with Crippen molar-refractivity contribution < 1.29 is 14.3 Å². The summed E-state index contributed by atoms with van der Waals surface area (Å²) in [6.07, 6.45) is 7.84. The first-order chi connectivity index (χ1) is 12.3. The van der Waals surface area contributed by atoms with Crippen molar-refractivity contribution in [2.45, 2.75) is 31.7 Å². The number of nitrogens with one attached hydrogen (secondary N) is 1. The number of nitrogens with zero attached hydrogens (tertiary/aromatic N) is 2. The molecule has 1 aromatic heterocycles. The van der Waals surface area contributed by atoms with Crippen molar-refractivity contribution in [1.29, 1.82) is 0 Å². The number of urea groups is 1. The summed E-state index contributed by atoms with van der Waals surface area (Å²) >= 11 is 0. The number of anilines is 1. The topological polar surface area (TPSA) is 63.7 Å². The van der Waals surface area contributed by atoms with Gasteiger partial charge in [-0.3, -0.25) is 4.98 Å². The Morgan fingerprint density at radius 3 is 2.80 bits per heavy atom. The normalized spacial score (nSPS) is 19.4. The van der Waals surface area contributed by atoms with Gasteiger partial charge in [0, 0.05) is 30.7 Å². The van der Waals surface area contributed by atoms with Crippen LogP contribution in [0.1, 0.15) is 37.3 Å². The minimum atomic E-state index is -0.0809. The van der Waals surface area contributed by atoms with Gasteiger partial charge in [-0.05, 0) is 42.7 Å². The van der Waals surface area contributed by atoms with Crippen LogP contribution in [0.15, 0.2) is 42.7 Å². The zero-order chi connectivity index (χ0) is 17.1. The van der Waals surface area contributed by atoms with Gasteiger partial charge >= 0.3 is 6.03 Å². The Hall–Kier alpha value is -2.76. The largest absolute Gasteiger partial charge is 0.454 e. The Labute approximate surface area is 146 Å². The average Bonchev–Trinajstić information content (AvgIpc) is 2.96. The molecular formula is C19H21N3O3. The lowest BCUT2D eigenvalue weighted by atomic mass is 10.0. The molecule has 0 unspecified atom stereocenters. The molecule has 0 saturated carbocycles. The van der Waals surface area contributed by atoms with Crippen LogP contribution in [-0.4, -0.2) is 29.3 Å². The minimum Gasteiger partial charge on any atom is -0.454 e. The van der Waals surface area contributed by atoms with Gasteiger partial charge in [-0.1, -0.05) is 12.8 Å². The number of fused-ring (bicyclic) bond motifs is 1. The molecule has 1 atom stereocenters. The summed E-state index contributed by atoms with van der Waals surface area (Å²) in [6, 6.07) is 9.46. The number of carbonyl (C=O) groups is 1. The number of aromatic nitrogens is 1. The SMILES string of the molecule is O=C(Nc1ccc2c(c1)OCO2)N1CCCCC[C@@H]1c1ccncc1. The highest BCUT2D eigenvalue weighted by Crippen LogP contribution is 2.35. The van der Waals surface area contributed by atoms with Crippen LogP contribution in [0, 0.1) is 0 Å². The minimum absolute atomic E-state index is 0.0809. The van der Waals surface area contributed by atoms with Crippen molar-refractivity contribution in [3.8, 4) is 11.5 Å². The predicted molar refractivity (Wildman–Crippen MR) is 93.7 cm³/mol. The first-order valence-corrected chi connectivity index (χ1v) is 8.68. The quantitative estimate of drug-likeness (QED) is 0.899. The molecule has 3 heterocycles. The lowest BCUT2D eigenvalue weighted by Gasteiger charge is -2.30. The molecule has 2 amide bonds. The second-order valence-electron chi connectivity index (χ2n) is 6.34. The fourth-order valence-corrected chi connectivity index (χ4v) is 3.45. The zero-order valence-electron chi connectivity index (χ0n) is 14.0. The van der Waals surface area contributed by atoms with Gasteiger partial charge < -0.3 is 19.7 Å². The third kappa shape index (κ3) is 3.38. The van der Waals surface area contributed by atoms with E-state index in [-0.39, 0.29) is 18.9 Å². The molecule has 6 heteroatoms. The van der Waals surface area contributed by atoms with Crippen LogP contribution in [0.4, 0.5) is 10.5 Å². The van der Waals surface area contributed by atoms with Gasteiger partial charge in [0.05, 0.1) is 6.04 Å². The van der Waals surface area contributed by atoms with Crippen molar-refractivity contribution in [3.05, 3.63) is 48.3 Å². The monoisotopic (exact) mass is 339 g/mol. The van der Waals surface area contributed by atoms with Crippen molar-refractivity contribution in [3.63, 3.8) is 0 Å². The maximum absolute atomic E-state index is 12.9. The molecule has 2 aliphatic rings. The Kier molecular flexibility index (Phi) is 4.41. The molecule has 0 bridgehead atoms. The maximum Gasteiger partial charge on any atom is 0.322 e. The van der Waals surface area contributed by atoms with E-state index in [1.165, 1.54) is 0 Å². The van der Waals surface area contributed by atoms with Gasteiger partial charge in [0.2, 0.25) is 6.79 Å². The molecule has 130 valence electrons. The Bertz CT molecular complexity index is 751. The number of carbonyl (C=O) groups excluding carboxylic acids is 1. The van der Waals surface area contributed by atoms with Gasteiger partial charge in [-0.2, -0.15) is 0 Å². The number of amides is 2. The van der Waals surface area contributed by atoms with E-state index in [9.17, 15) is 4.79 Å². The third-order valence-electron chi connectivity index (χ3n) is 4.73. The first kappa shape index (κ1) is 15.7. The Balaban J connectivity index is 1.54. The van der Waals surface area contributed by atoms with E-state index < -0.39 is 0 Å². The number of likely N-dealkylation sites (tertiary alicyclic amines) is 1. The van der Waals surface area contributed by atoms with Gasteiger partial charge in [0.15, 0.2) is 11.5 Å². The van der Waals surface area contributed by atoms with Crippen molar-refractivity contribution in [2.75, 3.05) is 18.7 Å². The molecule has 0 radical (unpaired) electrons. The maximum atomic E-state index is 12.9. The number of hydrogen-bond donors (Lipinski definition) is 1. The highest BCUT2D eigenvalue weighted by molar-refractivity contribution is 5.90. The first-order valence-electron chi connectivity index (χ1n) is 8.68. The van der Waals surface area contributed by atoms with Crippen LogP contribution in [0.25, 0.3) is 0 Å². The summed E-state index contributed by atoms with van der Waals surface area (Å²) in [4.78, 5) is 19.0. The van der Waals surface area contributed by atoms with E-state index in [1.807, 2.05) is 29.2 Å². The molecule has 0 aliphatic carbocycles. The predicted octanol–water partition coefficient (Wildman–Crippen LogP) is 3.96. The molecule has 2 aliphatic heterocycles. The van der Waals surface area contributed by atoms with Crippen molar-refractivity contribution >= 4 is 11.7 Å². The van der Waals surface area contributed by atoms with Gasteiger partial charge in [-0.25, -0.2) is 4.79 Å². The number of ether oxygens (including phenoxy) is 2. The van der Waals surface area contributed by atoms with E-state index in [1.54, 1.807) is 18.5 Å². The average molecular weight is 339 g/mol. The fraction of sp³-hybridized carbons (Fsp3) is 0.368. The summed E-state index contributed by atoms with van der Waals surface area (Å²) in [7, 11) is 0. The molecular weight excluding hydrogens is 318 g/mol. The highest BCUT2D eigenvalue weighted by Gasteiger charge is 2.27. The molecule has 1 aromatic carbocycles. The van der Waals surface area contributed by atoms with Crippen molar-refractivity contribution in [1.82, 2.24) is 9.88 Å². The second kappa shape index (κ2) is 7.01. The molecule has 6 nitrogen and oxygen atoms in total. The van der Waals surface area contributed by atoms with Gasteiger partial charge in [-0.15, -0.1) is 0 Å². The molecule has 1 fully saturated rings. The zero-order valence-corrected chi connectivity index (χ0v) is 14.0. The summed E-state index contributed by atoms with van der Waals surface area (Å²) in [6.45, 7) is 0.979. The van der Waals surface area contributed by atoms with Crippen LogP contribution < -0.4 is 14.8 Å². The van der Waals surface area contributed by atoms with E-state index in [4.69, 9.17) is 9.47 Å². The summed E-state index contributed by atoms with van der Waals surface area (Å²) in [5.41, 5.74) is 1.85. The summed E-state index contributed by atoms with van der Waals surface area (Å²) in [5, 5.41) is 3.00. The van der Waals surface area contributed by atoms with Crippen LogP contribution in [-0.2, 0) is 0 Å². The highest BCUT2D eigenvalue weighted by atomic mass is 16.7. The smallest absolute Gasteiger partial charge is 0.322 e. The molecule has 2 aromatic rings. The molecule has 1 N–H and O–H groups in total. The fourth-order valence-electron chi connectivity index (χ4n) is 3.45. The lowest BCUT2D eigenvalue weighted by Crippen LogP contribution is -2.38.